The highest BCUT2D eigenvalue weighted by molar-refractivity contribution is 5.82. The van der Waals surface area contributed by atoms with Crippen LogP contribution >= 0.6 is 0 Å². The number of nitrogens with zero attached hydrogens (tertiary/aromatic N) is 1. The molecule has 0 saturated carbocycles. The number of aryl methyl sites for hydroxylation is 1. The first kappa shape index (κ1) is 19.4. The number of nitrogens with two attached hydrogens (primary N) is 1. The zero-order valence-electron chi connectivity index (χ0n) is 15.2. The summed E-state index contributed by atoms with van der Waals surface area (Å²) in [5.41, 5.74) is 4.96. The van der Waals surface area contributed by atoms with Crippen LogP contribution in [0.15, 0.2) is 41.4 Å². The number of halogens is 4. The van der Waals surface area contributed by atoms with Crippen LogP contribution in [0.3, 0.4) is 0 Å². The molecule has 0 amide bonds. The van der Waals surface area contributed by atoms with E-state index in [4.69, 9.17) is 10.5 Å². The van der Waals surface area contributed by atoms with E-state index in [0.717, 1.165) is 6.07 Å². The van der Waals surface area contributed by atoms with Crippen LogP contribution in [0, 0.1) is 18.6 Å². The number of ether oxygens (including phenoxy) is 1. The Balaban J connectivity index is 2.16. The van der Waals surface area contributed by atoms with Gasteiger partial charge in [-0.2, -0.15) is 0 Å². The zero-order chi connectivity index (χ0) is 20.0. The van der Waals surface area contributed by atoms with Crippen LogP contribution in [0.1, 0.15) is 31.0 Å². The molecule has 1 unspecified atom stereocenters. The molecule has 7 heteroatoms. The first-order valence-corrected chi connectivity index (χ1v) is 8.42. The topological polar surface area (TPSA) is 47.6 Å². The summed E-state index contributed by atoms with van der Waals surface area (Å²) >= 11 is 0. The molecule has 0 aromatic heterocycles. The summed E-state index contributed by atoms with van der Waals surface area (Å²) in [6.45, 7) is 3.86. The Labute approximate surface area is 154 Å². The Bertz CT molecular complexity index is 889. The molecule has 3 nitrogen and oxygen atoms in total. The molecule has 0 bridgehead atoms. The first-order chi connectivity index (χ1) is 12.5. The van der Waals surface area contributed by atoms with E-state index in [1.165, 1.54) is 38.1 Å². The maximum atomic E-state index is 15.1. The number of rotatable bonds is 2. The molecule has 1 atom stereocenters. The van der Waals surface area contributed by atoms with E-state index in [2.05, 4.69) is 4.99 Å². The van der Waals surface area contributed by atoms with Crippen molar-refractivity contribution >= 4 is 5.84 Å². The van der Waals surface area contributed by atoms with Gasteiger partial charge >= 0.3 is 5.92 Å². The van der Waals surface area contributed by atoms with Crippen molar-refractivity contribution < 1.29 is 22.3 Å². The van der Waals surface area contributed by atoms with Crippen LogP contribution in [0.25, 0.3) is 11.1 Å². The van der Waals surface area contributed by atoms with Gasteiger partial charge in [-0.15, -0.1) is 0 Å². The average Bonchev–Trinajstić information content (AvgIpc) is 2.64. The van der Waals surface area contributed by atoms with Gasteiger partial charge in [0.2, 0.25) is 0 Å². The van der Waals surface area contributed by atoms with E-state index in [-0.39, 0.29) is 18.0 Å². The molecule has 27 heavy (non-hydrogen) atoms. The van der Waals surface area contributed by atoms with Crippen molar-refractivity contribution in [1.82, 2.24) is 0 Å². The molecule has 3 rings (SSSR count). The maximum absolute atomic E-state index is 15.1. The molecule has 0 aliphatic carbocycles. The van der Waals surface area contributed by atoms with E-state index < -0.39 is 29.2 Å². The van der Waals surface area contributed by atoms with Gasteiger partial charge in [-0.25, -0.2) is 17.6 Å². The third kappa shape index (κ3) is 3.56. The number of aliphatic imine (C=N–C) groups is 1. The van der Waals surface area contributed by atoms with Gasteiger partial charge in [0.25, 0.3) is 0 Å². The minimum atomic E-state index is -3.52. The van der Waals surface area contributed by atoms with Crippen LogP contribution in [0.5, 0.6) is 0 Å². The molecule has 0 fully saturated rings. The summed E-state index contributed by atoms with van der Waals surface area (Å²) < 4.78 is 63.6. The van der Waals surface area contributed by atoms with Crippen molar-refractivity contribution in [1.29, 1.82) is 0 Å². The Morgan fingerprint density at radius 3 is 2.44 bits per heavy atom. The lowest BCUT2D eigenvalue weighted by Gasteiger charge is -2.35. The Kier molecular flexibility index (Phi) is 4.76. The highest BCUT2D eigenvalue weighted by Crippen LogP contribution is 2.46. The second kappa shape index (κ2) is 6.64. The first-order valence-electron chi connectivity index (χ1n) is 8.42. The van der Waals surface area contributed by atoms with Crippen molar-refractivity contribution in [2.75, 3.05) is 6.61 Å². The number of hydrogen-bond acceptors (Lipinski definition) is 3. The molecule has 1 aliphatic rings. The van der Waals surface area contributed by atoms with Gasteiger partial charge in [0.05, 0.1) is 0 Å². The zero-order valence-corrected chi connectivity index (χ0v) is 15.2. The summed E-state index contributed by atoms with van der Waals surface area (Å²) in [5, 5.41) is 0. The van der Waals surface area contributed by atoms with Gasteiger partial charge in [0, 0.05) is 5.56 Å². The number of hydrogen-bond donors (Lipinski definition) is 1. The number of alkyl halides is 2. The normalized spacial score (nSPS) is 21.4. The lowest BCUT2D eigenvalue weighted by molar-refractivity contribution is -0.191. The van der Waals surface area contributed by atoms with Gasteiger partial charge in [0.15, 0.2) is 0 Å². The maximum Gasteiger partial charge on any atom is 0.301 e. The second-order valence-electron chi connectivity index (χ2n) is 7.20. The Hall–Kier alpha value is -2.41. The number of amidine groups is 1. The van der Waals surface area contributed by atoms with Crippen LogP contribution in [0.4, 0.5) is 17.6 Å². The van der Waals surface area contributed by atoms with E-state index in [1.807, 2.05) is 0 Å². The fraction of sp³-hybridized carbons (Fsp3) is 0.350. The average molecular weight is 380 g/mol. The van der Waals surface area contributed by atoms with Crippen molar-refractivity contribution in [3.05, 3.63) is 59.2 Å². The SMILES string of the molecule is Cc1cc(F)cc(-c2ccc(F)c(C3N=C(N)COC(C)(C)C3(F)F)c2)c1. The van der Waals surface area contributed by atoms with E-state index >= 15 is 8.78 Å². The third-order valence-electron chi connectivity index (χ3n) is 4.69. The molecule has 0 saturated heterocycles. The molecule has 2 aromatic carbocycles. The molecule has 144 valence electrons. The molecular formula is C20H20F4N2O. The fourth-order valence-corrected chi connectivity index (χ4v) is 3.06. The van der Waals surface area contributed by atoms with E-state index in [0.29, 0.717) is 16.7 Å². The predicted octanol–water partition coefficient (Wildman–Crippen LogP) is 4.78. The summed E-state index contributed by atoms with van der Waals surface area (Å²) in [6, 6.07) is 6.20. The second-order valence-corrected chi connectivity index (χ2v) is 7.20. The molecule has 1 heterocycles. The van der Waals surface area contributed by atoms with E-state index in [9.17, 15) is 8.78 Å². The number of benzene rings is 2. The molecule has 0 radical (unpaired) electrons. The third-order valence-corrected chi connectivity index (χ3v) is 4.69. The molecule has 2 N–H and O–H groups in total. The Morgan fingerprint density at radius 1 is 1.07 bits per heavy atom. The quantitative estimate of drug-likeness (QED) is 0.762. The lowest BCUT2D eigenvalue weighted by Crippen LogP contribution is -2.48. The fourth-order valence-electron chi connectivity index (χ4n) is 3.06. The smallest absolute Gasteiger partial charge is 0.301 e. The van der Waals surface area contributed by atoms with E-state index in [1.54, 1.807) is 13.0 Å². The summed E-state index contributed by atoms with van der Waals surface area (Å²) in [5.74, 6) is -4.97. The summed E-state index contributed by atoms with van der Waals surface area (Å²) in [7, 11) is 0. The van der Waals surface area contributed by atoms with Crippen molar-refractivity contribution in [2.45, 2.75) is 38.3 Å². The van der Waals surface area contributed by atoms with Gasteiger partial charge in [0.1, 0.15) is 35.7 Å². The largest absolute Gasteiger partial charge is 0.386 e. The molecule has 1 aliphatic heterocycles. The van der Waals surface area contributed by atoms with Crippen molar-refractivity contribution in [2.24, 2.45) is 10.7 Å². The van der Waals surface area contributed by atoms with Crippen LogP contribution in [-0.2, 0) is 4.74 Å². The minimum Gasteiger partial charge on any atom is -0.386 e. The highest BCUT2D eigenvalue weighted by Gasteiger charge is 2.56. The van der Waals surface area contributed by atoms with Crippen molar-refractivity contribution in [3.63, 3.8) is 0 Å². The standard InChI is InChI=1S/C20H20F4N2O/c1-11-6-13(8-14(21)7-11)12-4-5-16(22)15(9-12)18-20(23,24)19(2,3)27-10-17(25)26-18/h4-9,18H,10H2,1-3H3,(H2,25,26). The summed E-state index contributed by atoms with van der Waals surface area (Å²) in [6.07, 6.45) is 0. The van der Waals surface area contributed by atoms with Crippen LogP contribution in [-0.4, -0.2) is 24.0 Å². The minimum absolute atomic E-state index is 0.142. The monoisotopic (exact) mass is 380 g/mol. The van der Waals surface area contributed by atoms with Crippen LogP contribution in [0.2, 0.25) is 0 Å². The van der Waals surface area contributed by atoms with Gasteiger partial charge in [-0.3, -0.25) is 4.99 Å². The molecule has 2 aromatic rings. The molecule has 0 spiro atoms. The summed E-state index contributed by atoms with van der Waals surface area (Å²) in [4.78, 5) is 3.83. The van der Waals surface area contributed by atoms with Gasteiger partial charge < -0.3 is 10.5 Å². The van der Waals surface area contributed by atoms with Crippen molar-refractivity contribution in [3.8, 4) is 11.1 Å². The highest BCUT2D eigenvalue weighted by atomic mass is 19.3. The van der Waals surface area contributed by atoms with Gasteiger partial charge in [-0.1, -0.05) is 12.1 Å². The predicted molar refractivity (Wildman–Crippen MR) is 95.9 cm³/mol. The Morgan fingerprint density at radius 2 is 1.78 bits per heavy atom. The molecular weight excluding hydrogens is 360 g/mol. The van der Waals surface area contributed by atoms with Crippen LogP contribution < -0.4 is 5.73 Å². The van der Waals surface area contributed by atoms with Gasteiger partial charge in [-0.05, 0) is 61.7 Å². The lowest BCUT2D eigenvalue weighted by atomic mass is 9.88.